The first-order chi connectivity index (χ1) is 22.7. The molecule has 3 fully saturated rings. The van der Waals surface area contributed by atoms with Crippen molar-refractivity contribution < 1.29 is 23.9 Å². The zero-order valence-corrected chi connectivity index (χ0v) is 26.6. The average Bonchev–Trinajstić information content (AvgIpc) is 3.57. The van der Waals surface area contributed by atoms with Gasteiger partial charge in [-0.25, -0.2) is 0 Å². The van der Waals surface area contributed by atoms with Crippen LogP contribution in [0.4, 0.5) is 0 Å². The highest BCUT2D eigenvalue weighted by Crippen LogP contribution is 2.51. The van der Waals surface area contributed by atoms with Crippen LogP contribution >= 0.6 is 0 Å². The van der Waals surface area contributed by atoms with Crippen LogP contribution in [0.1, 0.15) is 41.3 Å². The number of ether oxygens (including phenoxy) is 1. The third-order valence-electron chi connectivity index (χ3n) is 9.64. The van der Waals surface area contributed by atoms with Crippen molar-refractivity contribution in [1.29, 1.82) is 5.26 Å². The maximum Gasteiger partial charge on any atom is 0.257 e. The minimum Gasteiger partial charge on any atom is -0.371 e. The lowest BCUT2D eigenvalue weighted by Gasteiger charge is -2.51. The van der Waals surface area contributed by atoms with E-state index in [-0.39, 0.29) is 44.6 Å². The van der Waals surface area contributed by atoms with Crippen LogP contribution in [0.25, 0.3) is 0 Å². The maximum atomic E-state index is 14.1. The number of hydrogen-bond donors (Lipinski definition) is 2. The molecule has 1 aromatic heterocycles. The number of likely N-dealkylation sites (N-methyl/N-ethyl adjacent to an activating group) is 1. The van der Waals surface area contributed by atoms with Gasteiger partial charge in [0.2, 0.25) is 17.7 Å². The number of hydrogen-bond acceptors (Lipinski definition) is 7. The fourth-order valence-electron chi connectivity index (χ4n) is 6.68. The monoisotopic (exact) mass is 637 g/mol. The smallest absolute Gasteiger partial charge is 0.257 e. The number of carbonyl (C=O) groups is 4. The van der Waals surface area contributed by atoms with Crippen molar-refractivity contribution in [3.63, 3.8) is 0 Å². The standard InChI is InChI=1S/C35H39N7O5/c1-24(47-19-26-11-7-4-8-12-26)29(31(44)37-2)39-30(43)28-18-40(21-35(28)22-41(23-35)33(46)34(20-36)13-14-34)32(45)27-15-38-42(17-27)16-25-9-5-3-6-10-25/h3-12,15,17,24,28-29H,13-14,16,18-19,21-23H2,1-2H3,(H,37,44)(H,39,43)/t24-,28-,29+/m1/s1. The number of amides is 4. The SMILES string of the molecule is CNC(=O)[C@@H](NC(=O)[C@H]1CN(C(=O)c2cnn(Cc3ccccc3)c2)CC12CN(C(=O)C1(C#N)CC1)C2)[C@@H](C)OCc1ccccc1. The van der Waals surface area contributed by atoms with Crippen molar-refractivity contribution in [1.82, 2.24) is 30.2 Å². The molecule has 244 valence electrons. The number of aromatic nitrogens is 2. The zero-order valence-electron chi connectivity index (χ0n) is 26.6. The van der Waals surface area contributed by atoms with Crippen LogP contribution < -0.4 is 10.6 Å². The Labute approximate surface area is 273 Å². The van der Waals surface area contributed by atoms with E-state index in [0.29, 0.717) is 24.9 Å². The van der Waals surface area contributed by atoms with Crippen LogP contribution in [0.15, 0.2) is 73.1 Å². The topological polar surface area (TPSA) is 150 Å². The van der Waals surface area contributed by atoms with E-state index in [1.165, 1.54) is 13.2 Å². The summed E-state index contributed by atoms with van der Waals surface area (Å²) in [5, 5.41) is 19.5. The first kappa shape index (κ1) is 31.9. The van der Waals surface area contributed by atoms with Crippen molar-refractivity contribution in [3.8, 4) is 6.07 Å². The fourth-order valence-corrected chi connectivity index (χ4v) is 6.68. The Bertz CT molecular complexity index is 1670. The number of nitrogens with zero attached hydrogens (tertiary/aromatic N) is 5. The quantitative estimate of drug-likeness (QED) is 0.327. The van der Waals surface area contributed by atoms with E-state index in [2.05, 4.69) is 21.8 Å². The first-order valence-corrected chi connectivity index (χ1v) is 15.9. The molecule has 3 aromatic rings. The van der Waals surface area contributed by atoms with E-state index in [1.807, 2.05) is 60.7 Å². The lowest BCUT2D eigenvalue weighted by molar-refractivity contribution is -0.153. The van der Waals surface area contributed by atoms with E-state index < -0.39 is 40.7 Å². The molecule has 2 saturated heterocycles. The minimum absolute atomic E-state index is 0.111. The molecule has 0 radical (unpaired) electrons. The Kier molecular flexibility index (Phi) is 8.84. The van der Waals surface area contributed by atoms with Crippen molar-refractivity contribution in [2.45, 2.75) is 45.1 Å². The molecule has 3 aliphatic rings. The van der Waals surface area contributed by atoms with Crippen LogP contribution in [-0.2, 0) is 32.3 Å². The Hall–Kier alpha value is -5.02. The number of benzene rings is 2. The molecular weight excluding hydrogens is 598 g/mol. The predicted molar refractivity (Wildman–Crippen MR) is 170 cm³/mol. The van der Waals surface area contributed by atoms with Crippen molar-refractivity contribution >= 4 is 23.6 Å². The molecule has 2 aliphatic heterocycles. The summed E-state index contributed by atoms with van der Waals surface area (Å²) in [5.74, 6) is -1.97. The summed E-state index contributed by atoms with van der Waals surface area (Å²) >= 11 is 0. The van der Waals surface area contributed by atoms with Gasteiger partial charge in [0.25, 0.3) is 5.91 Å². The van der Waals surface area contributed by atoms with Gasteiger partial charge in [-0.15, -0.1) is 0 Å². The summed E-state index contributed by atoms with van der Waals surface area (Å²) in [7, 11) is 1.50. The van der Waals surface area contributed by atoms with Crippen molar-refractivity contribution in [3.05, 3.63) is 89.7 Å². The molecule has 2 aromatic carbocycles. The molecule has 3 atom stereocenters. The fraction of sp³-hybridized carbons (Fsp3) is 0.429. The van der Waals surface area contributed by atoms with Gasteiger partial charge >= 0.3 is 0 Å². The van der Waals surface area contributed by atoms with E-state index in [4.69, 9.17) is 4.74 Å². The van der Waals surface area contributed by atoms with Gasteiger partial charge in [0.1, 0.15) is 11.5 Å². The number of likely N-dealkylation sites (tertiary alicyclic amines) is 2. The lowest BCUT2D eigenvalue weighted by atomic mass is 9.70. The molecule has 0 bridgehead atoms. The summed E-state index contributed by atoms with van der Waals surface area (Å²) in [4.78, 5) is 57.3. The number of carbonyl (C=O) groups excluding carboxylic acids is 4. The Morgan fingerprint density at radius 2 is 1.64 bits per heavy atom. The zero-order chi connectivity index (χ0) is 33.2. The van der Waals surface area contributed by atoms with E-state index in [9.17, 15) is 24.4 Å². The number of nitrogens with one attached hydrogen (secondary N) is 2. The molecule has 2 N–H and O–H groups in total. The number of rotatable bonds is 11. The predicted octanol–water partition coefficient (Wildman–Crippen LogP) is 1.97. The van der Waals surface area contributed by atoms with Crippen LogP contribution in [0.5, 0.6) is 0 Å². The molecule has 6 rings (SSSR count). The molecule has 0 unspecified atom stereocenters. The summed E-state index contributed by atoms with van der Waals surface area (Å²) in [6.07, 6.45) is 3.63. The van der Waals surface area contributed by atoms with Crippen molar-refractivity contribution in [2.24, 2.45) is 16.7 Å². The normalized spacial score (nSPS) is 20.1. The third kappa shape index (κ3) is 6.49. The lowest BCUT2D eigenvalue weighted by Crippen LogP contribution is -2.66. The number of nitriles is 1. The summed E-state index contributed by atoms with van der Waals surface area (Å²) in [5.41, 5.74) is 0.683. The highest BCUT2D eigenvalue weighted by atomic mass is 16.5. The molecule has 1 spiro atoms. The molecule has 3 heterocycles. The summed E-state index contributed by atoms with van der Waals surface area (Å²) in [6.45, 7) is 3.35. The summed E-state index contributed by atoms with van der Waals surface area (Å²) in [6, 6.07) is 20.5. The Morgan fingerprint density at radius 1 is 1.00 bits per heavy atom. The average molecular weight is 638 g/mol. The molecule has 1 saturated carbocycles. The maximum absolute atomic E-state index is 14.1. The van der Waals surface area contributed by atoms with Gasteiger partial charge < -0.3 is 25.2 Å². The molecule has 1 aliphatic carbocycles. The van der Waals surface area contributed by atoms with Gasteiger partial charge in [-0.05, 0) is 30.9 Å². The Balaban J connectivity index is 1.18. The van der Waals surface area contributed by atoms with Crippen LogP contribution in [-0.4, -0.2) is 88.6 Å². The van der Waals surface area contributed by atoms with Gasteiger partial charge in [-0.1, -0.05) is 60.7 Å². The van der Waals surface area contributed by atoms with E-state index in [1.54, 1.807) is 27.6 Å². The molecule has 12 nitrogen and oxygen atoms in total. The molecule has 12 heteroatoms. The van der Waals surface area contributed by atoms with Crippen LogP contribution in [0.2, 0.25) is 0 Å². The third-order valence-corrected chi connectivity index (χ3v) is 9.64. The second kappa shape index (κ2) is 13.0. The second-order valence-electron chi connectivity index (χ2n) is 13.0. The Morgan fingerprint density at radius 3 is 2.26 bits per heavy atom. The summed E-state index contributed by atoms with van der Waals surface area (Å²) < 4.78 is 7.70. The van der Waals surface area contributed by atoms with E-state index in [0.717, 1.165) is 11.1 Å². The van der Waals surface area contributed by atoms with Crippen LogP contribution in [0, 0.1) is 28.1 Å². The second-order valence-corrected chi connectivity index (χ2v) is 13.0. The largest absolute Gasteiger partial charge is 0.371 e. The van der Waals surface area contributed by atoms with Gasteiger partial charge in [-0.3, -0.25) is 23.9 Å². The minimum atomic E-state index is -0.986. The highest BCUT2D eigenvalue weighted by molar-refractivity contribution is 5.96. The van der Waals surface area contributed by atoms with Crippen molar-refractivity contribution in [2.75, 3.05) is 33.2 Å². The van der Waals surface area contributed by atoms with Gasteiger partial charge in [-0.2, -0.15) is 10.4 Å². The molecule has 47 heavy (non-hydrogen) atoms. The molecular formula is C35H39N7O5. The van der Waals surface area contributed by atoms with Crippen LogP contribution in [0.3, 0.4) is 0 Å². The van der Waals surface area contributed by atoms with Gasteiger partial charge in [0.05, 0.1) is 43.0 Å². The van der Waals surface area contributed by atoms with E-state index >= 15 is 0 Å². The first-order valence-electron chi connectivity index (χ1n) is 15.9. The molecule has 4 amide bonds. The van der Waals surface area contributed by atoms with Gasteiger partial charge in [0, 0.05) is 44.8 Å². The van der Waals surface area contributed by atoms with Gasteiger partial charge in [0.15, 0.2) is 0 Å². The highest BCUT2D eigenvalue weighted by Gasteiger charge is 2.63.